The minimum Gasteiger partial charge on any atom is -0.390 e. The Labute approximate surface area is 81.9 Å². The van der Waals surface area contributed by atoms with Crippen molar-refractivity contribution in [1.82, 2.24) is 0 Å². The zero-order valence-corrected chi connectivity index (χ0v) is 8.92. The van der Waals surface area contributed by atoms with Crippen molar-refractivity contribution in [3.63, 3.8) is 0 Å². The summed E-state index contributed by atoms with van der Waals surface area (Å²) < 4.78 is 0. The fourth-order valence-electron chi connectivity index (χ4n) is 1.97. The van der Waals surface area contributed by atoms with Crippen LogP contribution in [0.1, 0.15) is 52.4 Å². The van der Waals surface area contributed by atoms with E-state index in [1.165, 1.54) is 19.3 Å². The molecule has 0 radical (unpaired) electrons. The zero-order valence-electron chi connectivity index (χ0n) is 8.92. The molecular weight excluding hydrogens is 160 g/mol. The van der Waals surface area contributed by atoms with Crippen molar-refractivity contribution < 1.29 is 5.11 Å². The third kappa shape index (κ3) is 3.95. The molecule has 0 bridgehead atoms. The first-order valence-corrected chi connectivity index (χ1v) is 5.51. The second-order valence-corrected chi connectivity index (χ2v) is 4.66. The Balaban J connectivity index is 2.32. The second kappa shape index (κ2) is 4.80. The highest BCUT2D eigenvalue weighted by atomic mass is 16.3. The van der Waals surface area contributed by atoms with Crippen molar-refractivity contribution in [1.29, 1.82) is 0 Å². The Kier molecular flexibility index (Phi) is 3.98. The van der Waals surface area contributed by atoms with Gasteiger partial charge in [-0.15, -0.1) is 0 Å². The summed E-state index contributed by atoms with van der Waals surface area (Å²) in [5.74, 6) is 0.604. The van der Waals surface area contributed by atoms with E-state index in [4.69, 9.17) is 0 Å². The number of aliphatic hydroxyl groups is 1. The van der Waals surface area contributed by atoms with E-state index in [0.29, 0.717) is 5.92 Å². The molecule has 0 amide bonds. The molecule has 0 atom stereocenters. The molecule has 0 aromatic rings. The fraction of sp³-hybridized carbons (Fsp3) is 0.833. The van der Waals surface area contributed by atoms with Gasteiger partial charge >= 0.3 is 0 Å². The first kappa shape index (κ1) is 10.8. The molecule has 1 fully saturated rings. The van der Waals surface area contributed by atoms with Crippen LogP contribution in [-0.4, -0.2) is 10.7 Å². The Bertz CT molecular complexity index is 164. The average Bonchev–Trinajstić information content (AvgIpc) is 2.04. The molecule has 0 aromatic carbocycles. The van der Waals surface area contributed by atoms with E-state index >= 15 is 0 Å². The fourth-order valence-corrected chi connectivity index (χ4v) is 1.97. The lowest BCUT2D eigenvalue weighted by atomic mass is 9.82. The molecule has 1 rings (SSSR count). The van der Waals surface area contributed by atoms with E-state index in [0.717, 1.165) is 19.3 Å². The summed E-state index contributed by atoms with van der Waals surface area (Å²) >= 11 is 0. The maximum Gasteiger partial charge on any atom is 0.0682 e. The molecule has 0 aromatic heterocycles. The standard InChI is InChI=1S/C12H22O/c1-11(2)7-6-10-12(13)8-4-3-5-9-12/h6-7,11,13H,3-5,8-10H2,1-2H3/b7-6+. The van der Waals surface area contributed by atoms with E-state index in [9.17, 15) is 5.11 Å². The molecule has 0 heterocycles. The van der Waals surface area contributed by atoms with Crippen LogP contribution in [0.2, 0.25) is 0 Å². The molecule has 1 saturated carbocycles. The van der Waals surface area contributed by atoms with E-state index < -0.39 is 0 Å². The zero-order chi connectivity index (χ0) is 9.73. The van der Waals surface area contributed by atoms with Crippen LogP contribution < -0.4 is 0 Å². The lowest BCUT2D eigenvalue weighted by Gasteiger charge is -2.31. The van der Waals surface area contributed by atoms with E-state index in [1.54, 1.807) is 0 Å². The van der Waals surface area contributed by atoms with Crippen molar-refractivity contribution in [3.8, 4) is 0 Å². The van der Waals surface area contributed by atoms with Gasteiger partial charge in [-0.1, -0.05) is 45.3 Å². The highest BCUT2D eigenvalue weighted by molar-refractivity contribution is 4.94. The van der Waals surface area contributed by atoms with Gasteiger partial charge in [-0.25, -0.2) is 0 Å². The summed E-state index contributed by atoms with van der Waals surface area (Å²) in [6.45, 7) is 4.34. The molecule has 13 heavy (non-hydrogen) atoms. The molecule has 0 saturated heterocycles. The monoisotopic (exact) mass is 182 g/mol. The summed E-state index contributed by atoms with van der Waals surface area (Å²) in [5.41, 5.74) is -0.371. The summed E-state index contributed by atoms with van der Waals surface area (Å²) in [5, 5.41) is 10.1. The van der Waals surface area contributed by atoms with Gasteiger partial charge in [0.15, 0.2) is 0 Å². The molecular formula is C12H22O. The quantitative estimate of drug-likeness (QED) is 0.664. The third-order valence-corrected chi connectivity index (χ3v) is 2.80. The number of rotatable bonds is 3. The minimum absolute atomic E-state index is 0.371. The Morgan fingerprint density at radius 1 is 1.23 bits per heavy atom. The largest absolute Gasteiger partial charge is 0.390 e. The van der Waals surface area contributed by atoms with Crippen LogP contribution in [0, 0.1) is 5.92 Å². The van der Waals surface area contributed by atoms with Crippen LogP contribution in [0.15, 0.2) is 12.2 Å². The van der Waals surface area contributed by atoms with Gasteiger partial charge in [0.1, 0.15) is 0 Å². The predicted octanol–water partition coefficient (Wildman–Crippen LogP) is 3.28. The van der Waals surface area contributed by atoms with Gasteiger partial charge in [0.05, 0.1) is 5.60 Å². The normalized spacial score (nSPS) is 22.8. The van der Waals surface area contributed by atoms with E-state index in [1.807, 2.05) is 0 Å². The van der Waals surface area contributed by atoms with Crippen molar-refractivity contribution in [2.45, 2.75) is 58.0 Å². The Morgan fingerprint density at radius 2 is 1.85 bits per heavy atom. The molecule has 0 unspecified atom stereocenters. The summed E-state index contributed by atoms with van der Waals surface area (Å²) in [7, 11) is 0. The number of hydrogen-bond acceptors (Lipinski definition) is 1. The van der Waals surface area contributed by atoms with Gasteiger partial charge in [0, 0.05) is 0 Å². The summed E-state index contributed by atoms with van der Waals surface area (Å²) in [6, 6.07) is 0. The Hall–Kier alpha value is -0.300. The molecule has 1 aliphatic carbocycles. The average molecular weight is 182 g/mol. The SMILES string of the molecule is CC(C)/C=C/CC1(O)CCCCC1. The minimum atomic E-state index is -0.371. The van der Waals surface area contributed by atoms with E-state index in [2.05, 4.69) is 26.0 Å². The van der Waals surface area contributed by atoms with Gasteiger partial charge in [0.2, 0.25) is 0 Å². The first-order valence-electron chi connectivity index (χ1n) is 5.51. The molecule has 1 heteroatoms. The van der Waals surface area contributed by atoms with Gasteiger partial charge < -0.3 is 5.11 Å². The number of allylic oxidation sites excluding steroid dienone is 1. The van der Waals surface area contributed by atoms with Crippen molar-refractivity contribution >= 4 is 0 Å². The van der Waals surface area contributed by atoms with Gasteiger partial charge in [0.25, 0.3) is 0 Å². The van der Waals surface area contributed by atoms with Crippen LogP contribution in [0.5, 0.6) is 0 Å². The van der Waals surface area contributed by atoms with Crippen molar-refractivity contribution in [3.05, 3.63) is 12.2 Å². The highest BCUT2D eigenvalue weighted by Crippen LogP contribution is 2.31. The smallest absolute Gasteiger partial charge is 0.0682 e. The van der Waals surface area contributed by atoms with E-state index in [-0.39, 0.29) is 5.60 Å². The Morgan fingerprint density at radius 3 is 2.38 bits per heavy atom. The topological polar surface area (TPSA) is 20.2 Å². The van der Waals surface area contributed by atoms with Gasteiger partial charge in [-0.05, 0) is 25.2 Å². The lowest BCUT2D eigenvalue weighted by molar-refractivity contribution is 0.00687. The summed E-state index contributed by atoms with van der Waals surface area (Å²) in [6.07, 6.45) is 10.9. The molecule has 0 spiro atoms. The maximum atomic E-state index is 10.1. The lowest BCUT2D eigenvalue weighted by Crippen LogP contribution is -2.30. The van der Waals surface area contributed by atoms with Crippen molar-refractivity contribution in [2.75, 3.05) is 0 Å². The van der Waals surface area contributed by atoms with Crippen LogP contribution in [0.3, 0.4) is 0 Å². The van der Waals surface area contributed by atoms with Crippen LogP contribution in [-0.2, 0) is 0 Å². The van der Waals surface area contributed by atoms with Crippen LogP contribution in [0.4, 0.5) is 0 Å². The van der Waals surface area contributed by atoms with Gasteiger partial charge in [-0.2, -0.15) is 0 Å². The van der Waals surface area contributed by atoms with Crippen LogP contribution >= 0.6 is 0 Å². The summed E-state index contributed by atoms with van der Waals surface area (Å²) in [4.78, 5) is 0. The predicted molar refractivity (Wildman–Crippen MR) is 56.6 cm³/mol. The molecule has 1 nitrogen and oxygen atoms in total. The molecule has 1 N–H and O–H groups in total. The maximum absolute atomic E-state index is 10.1. The first-order chi connectivity index (χ1) is 6.12. The third-order valence-electron chi connectivity index (χ3n) is 2.80. The highest BCUT2D eigenvalue weighted by Gasteiger charge is 2.27. The molecule has 76 valence electrons. The van der Waals surface area contributed by atoms with Crippen molar-refractivity contribution in [2.24, 2.45) is 5.92 Å². The second-order valence-electron chi connectivity index (χ2n) is 4.66. The molecule has 0 aliphatic heterocycles. The van der Waals surface area contributed by atoms with Gasteiger partial charge in [-0.3, -0.25) is 0 Å². The molecule has 1 aliphatic rings. The number of hydrogen-bond donors (Lipinski definition) is 1. The van der Waals surface area contributed by atoms with Crippen LogP contribution in [0.25, 0.3) is 0 Å².